The quantitative estimate of drug-likeness (QED) is 0.374. The van der Waals surface area contributed by atoms with Gasteiger partial charge in [-0.1, -0.05) is 30.3 Å². The highest BCUT2D eigenvalue weighted by Crippen LogP contribution is 2.40. The summed E-state index contributed by atoms with van der Waals surface area (Å²) in [6.07, 6.45) is 0. The molecule has 5 rings (SSSR count). The summed E-state index contributed by atoms with van der Waals surface area (Å²) in [5, 5.41) is 4.52. The van der Waals surface area contributed by atoms with Gasteiger partial charge in [0.05, 0.1) is 16.3 Å². The minimum atomic E-state index is -3.78. The van der Waals surface area contributed by atoms with Crippen LogP contribution < -0.4 is 14.5 Å². The number of carbonyl (C=O) groups is 2. The largest absolute Gasteiger partial charge is 0.321 e. The smallest absolute Gasteiger partial charge is 0.264 e. The lowest BCUT2D eigenvalue weighted by Crippen LogP contribution is -2.30. The molecular formula is C28H25N3O4S. The third kappa shape index (κ3) is 3.79. The van der Waals surface area contributed by atoms with Crippen LogP contribution in [0, 0.1) is 0 Å². The van der Waals surface area contributed by atoms with Gasteiger partial charge >= 0.3 is 0 Å². The second-order valence-electron chi connectivity index (χ2n) is 8.39. The summed E-state index contributed by atoms with van der Waals surface area (Å²) in [5.41, 5.74) is 2.94. The molecule has 0 saturated heterocycles. The maximum absolute atomic E-state index is 13.2. The molecule has 182 valence electrons. The predicted molar refractivity (Wildman–Crippen MR) is 142 cm³/mol. The molecular weight excluding hydrogens is 474 g/mol. The van der Waals surface area contributed by atoms with E-state index < -0.39 is 10.0 Å². The van der Waals surface area contributed by atoms with E-state index in [1.54, 1.807) is 54.3 Å². The minimum Gasteiger partial charge on any atom is -0.321 e. The molecule has 0 fully saturated rings. The van der Waals surface area contributed by atoms with E-state index in [0.717, 1.165) is 16.5 Å². The van der Waals surface area contributed by atoms with Crippen molar-refractivity contribution < 1.29 is 18.0 Å². The Kier molecular flexibility index (Phi) is 5.97. The summed E-state index contributed by atoms with van der Waals surface area (Å²) in [7, 11) is -3.78. The van der Waals surface area contributed by atoms with Crippen molar-refractivity contribution in [1.29, 1.82) is 0 Å². The number of hydrogen-bond acceptors (Lipinski definition) is 4. The number of hydrogen-bond donors (Lipinski definition) is 1. The zero-order valence-corrected chi connectivity index (χ0v) is 20.7. The maximum atomic E-state index is 13.2. The van der Waals surface area contributed by atoms with Crippen molar-refractivity contribution in [2.45, 2.75) is 18.7 Å². The number of carbonyl (C=O) groups excluding carboxylic acids is 2. The molecule has 0 aliphatic carbocycles. The van der Waals surface area contributed by atoms with Gasteiger partial charge in [0, 0.05) is 40.7 Å². The third-order valence-electron chi connectivity index (χ3n) is 6.39. The lowest BCUT2D eigenvalue weighted by Gasteiger charge is -2.23. The van der Waals surface area contributed by atoms with Crippen molar-refractivity contribution in [2.75, 3.05) is 27.6 Å². The number of anilines is 3. The van der Waals surface area contributed by atoms with Crippen LogP contribution in [0.25, 0.3) is 10.8 Å². The van der Waals surface area contributed by atoms with Crippen LogP contribution in [0.2, 0.25) is 0 Å². The van der Waals surface area contributed by atoms with Crippen molar-refractivity contribution in [3.63, 3.8) is 0 Å². The fourth-order valence-corrected chi connectivity index (χ4v) is 6.13. The normalized spacial score (nSPS) is 12.7. The Morgan fingerprint density at radius 1 is 0.889 bits per heavy atom. The van der Waals surface area contributed by atoms with Crippen LogP contribution in [0.15, 0.2) is 89.8 Å². The van der Waals surface area contributed by atoms with Gasteiger partial charge in [0.15, 0.2) is 0 Å². The topological polar surface area (TPSA) is 86.8 Å². The lowest BCUT2D eigenvalue weighted by molar-refractivity contribution is 0.0992. The molecule has 4 aromatic carbocycles. The van der Waals surface area contributed by atoms with E-state index in [0.29, 0.717) is 29.0 Å². The van der Waals surface area contributed by atoms with E-state index in [4.69, 9.17) is 0 Å². The highest BCUT2D eigenvalue weighted by molar-refractivity contribution is 7.92. The van der Waals surface area contributed by atoms with Gasteiger partial charge < -0.3 is 10.2 Å². The fraction of sp³-hybridized carbons (Fsp3) is 0.143. The van der Waals surface area contributed by atoms with Crippen LogP contribution in [-0.2, 0) is 10.0 Å². The molecule has 1 aliphatic heterocycles. The van der Waals surface area contributed by atoms with Gasteiger partial charge in [0.1, 0.15) is 0 Å². The predicted octanol–water partition coefficient (Wildman–Crippen LogP) is 5.29. The van der Waals surface area contributed by atoms with Gasteiger partial charge in [-0.05, 0) is 68.4 Å². The van der Waals surface area contributed by atoms with Crippen LogP contribution >= 0.6 is 0 Å². The zero-order chi connectivity index (χ0) is 25.4. The van der Waals surface area contributed by atoms with E-state index in [1.165, 1.54) is 28.6 Å². The Morgan fingerprint density at radius 2 is 1.61 bits per heavy atom. The van der Waals surface area contributed by atoms with Gasteiger partial charge in [-0.15, -0.1) is 0 Å². The summed E-state index contributed by atoms with van der Waals surface area (Å²) >= 11 is 0. The van der Waals surface area contributed by atoms with Crippen molar-refractivity contribution >= 4 is 49.7 Å². The average Bonchev–Trinajstić information content (AvgIpc) is 3.18. The molecule has 0 spiro atoms. The Bertz CT molecular complexity index is 1580. The highest BCUT2D eigenvalue weighted by Gasteiger charge is 2.29. The van der Waals surface area contributed by atoms with Crippen LogP contribution in [-0.4, -0.2) is 33.3 Å². The van der Waals surface area contributed by atoms with Crippen LogP contribution in [0.4, 0.5) is 17.1 Å². The molecule has 0 saturated carbocycles. The monoisotopic (exact) mass is 499 g/mol. The Morgan fingerprint density at radius 3 is 2.28 bits per heavy atom. The summed E-state index contributed by atoms with van der Waals surface area (Å²) in [5.74, 6) is -0.415. The summed E-state index contributed by atoms with van der Waals surface area (Å²) in [6.45, 7) is 4.54. The van der Waals surface area contributed by atoms with E-state index in [9.17, 15) is 18.0 Å². The van der Waals surface area contributed by atoms with Crippen LogP contribution in [0.3, 0.4) is 0 Å². The van der Waals surface area contributed by atoms with E-state index in [-0.39, 0.29) is 23.3 Å². The molecule has 7 nitrogen and oxygen atoms in total. The second kappa shape index (κ2) is 9.13. The number of para-hydroxylation sites is 1. The van der Waals surface area contributed by atoms with Gasteiger partial charge in [0.25, 0.3) is 21.8 Å². The molecule has 2 amide bonds. The molecule has 1 heterocycles. The molecule has 8 heteroatoms. The van der Waals surface area contributed by atoms with E-state index in [1.807, 2.05) is 25.1 Å². The molecule has 0 atom stereocenters. The number of amides is 2. The molecule has 1 N–H and O–H groups in total. The van der Waals surface area contributed by atoms with E-state index in [2.05, 4.69) is 5.32 Å². The van der Waals surface area contributed by atoms with Crippen molar-refractivity contribution in [3.8, 4) is 0 Å². The molecule has 4 aromatic rings. The number of nitrogens with zero attached hydrogens (tertiary/aromatic N) is 2. The number of sulfonamides is 1. The third-order valence-corrected chi connectivity index (χ3v) is 8.30. The highest BCUT2D eigenvalue weighted by atomic mass is 32.2. The van der Waals surface area contributed by atoms with Gasteiger partial charge in [-0.2, -0.15) is 0 Å². The summed E-state index contributed by atoms with van der Waals surface area (Å²) in [6, 6.07) is 23.9. The molecule has 36 heavy (non-hydrogen) atoms. The average molecular weight is 500 g/mol. The Balaban J connectivity index is 1.42. The van der Waals surface area contributed by atoms with Gasteiger partial charge in [-0.25, -0.2) is 8.42 Å². The fourth-order valence-electron chi connectivity index (χ4n) is 4.65. The van der Waals surface area contributed by atoms with Crippen molar-refractivity contribution in [3.05, 3.63) is 96.1 Å². The first-order valence-electron chi connectivity index (χ1n) is 11.7. The summed E-state index contributed by atoms with van der Waals surface area (Å²) < 4.78 is 27.8. The Hall–Kier alpha value is -4.17. The lowest BCUT2D eigenvalue weighted by atomic mass is 10.0. The molecule has 0 unspecified atom stereocenters. The maximum Gasteiger partial charge on any atom is 0.264 e. The second-order valence-corrected chi connectivity index (χ2v) is 10.3. The first-order valence-corrected chi connectivity index (χ1v) is 13.2. The summed E-state index contributed by atoms with van der Waals surface area (Å²) in [4.78, 5) is 27.6. The SMILES string of the molecule is CCN1C(=O)c2cccc3c(NC(=O)c4ccc(S(=O)(=O)N(CC)c5ccccc5)cc4)ccc1c23. The first-order chi connectivity index (χ1) is 17.4. The molecule has 0 aromatic heterocycles. The van der Waals surface area contributed by atoms with Gasteiger partial charge in [-0.3, -0.25) is 13.9 Å². The number of nitrogens with one attached hydrogen (secondary N) is 1. The van der Waals surface area contributed by atoms with Crippen LogP contribution in [0.5, 0.6) is 0 Å². The standard InChI is InChI=1S/C28H25N3O4S/c1-3-30-25-18-17-24(22-11-8-12-23(26(22)25)28(30)33)29-27(32)19-13-15-21(16-14-19)36(34,35)31(4-2)20-9-6-5-7-10-20/h5-18H,3-4H2,1-2H3,(H,29,32). The number of rotatable bonds is 7. The molecule has 0 bridgehead atoms. The van der Waals surface area contributed by atoms with Crippen molar-refractivity contribution in [1.82, 2.24) is 0 Å². The zero-order valence-electron chi connectivity index (χ0n) is 19.9. The number of benzene rings is 4. The van der Waals surface area contributed by atoms with Crippen LogP contribution in [0.1, 0.15) is 34.6 Å². The molecule has 0 radical (unpaired) electrons. The first kappa shape index (κ1) is 23.6. The molecule has 1 aliphatic rings. The minimum absolute atomic E-state index is 0.0463. The Labute approximate surface area is 210 Å². The van der Waals surface area contributed by atoms with Gasteiger partial charge in [0.2, 0.25) is 0 Å². The van der Waals surface area contributed by atoms with Crippen molar-refractivity contribution in [2.24, 2.45) is 0 Å². The van der Waals surface area contributed by atoms with E-state index >= 15 is 0 Å².